The lowest BCUT2D eigenvalue weighted by atomic mass is 9.87. The summed E-state index contributed by atoms with van der Waals surface area (Å²) in [6.07, 6.45) is -1.60. The average Bonchev–Trinajstić information content (AvgIpc) is 2.78. The lowest BCUT2D eigenvalue weighted by molar-refractivity contribution is -0.145. The number of nitrogens with one attached hydrogen (secondary N) is 2. The molecule has 1 rings (SSSR count). The molecule has 12 heteroatoms. The number of amides is 1. The average molecular weight is 503 g/mol. The number of esters is 2. The largest absolute Gasteiger partial charge is 0.466 e. The highest BCUT2D eigenvalue weighted by Crippen LogP contribution is 2.46. The zero-order valence-electron chi connectivity index (χ0n) is 20.2. The molecule has 0 spiro atoms. The van der Waals surface area contributed by atoms with Crippen molar-refractivity contribution in [3.8, 4) is 5.75 Å². The van der Waals surface area contributed by atoms with Crippen molar-refractivity contribution in [1.29, 1.82) is 0 Å². The Balaban J connectivity index is 2.85. The first-order valence-corrected chi connectivity index (χ1v) is 12.5. The van der Waals surface area contributed by atoms with Gasteiger partial charge in [-0.1, -0.05) is 32.0 Å². The van der Waals surface area contributed by atoms with Crippen LogP contribution < -0.4 is 14.9 Å². The molecule has 0 aromatic heterocycles. The maximum atomic E-state index is 13.5. The third-order valence-corrected chi connectivity index (χ3v) is 6.11. The quantitative estimate of drug-likeness (QED) is 0.241. The van der Waals surface area contributed by atoms with Crippen molar-refractivity contribution in [3.05, 3.63) is 30.3 Å². The molecule has 0 radical (unpaired) electrons. The number of benzene rings is 1. The predicted octanol–water partition coefficient (Wildman–Crippen LogP) is 2.19. The fourth-order valence-electron chi connectivity index (χ4n) is 2.57. The Kier molecular flexibility index (Phi) is 12.2. The minimum atomic E-state index is -4.14. The molecule has 3 atom stereocenters. The molecule has 2 unspecified atom stereocenters. The molecule has 0 heterocycles. The lowest BCUT2D eigenvalue weighted by Gasteiger charge is -2.31. The van der Waals surface area contributed by atoms with Crippen LogP contribution in [0.4, 0.5) is 0 Å². The summed E-state index contributed by atoms with van der Waals surface area (Å²) in [6, 6.07) is 7.18. The zero-order chi connectivity index (χ0) is 25.8. The summed E-state index contributed by atoms with van der Waals surface area (Å²) >= 11 is 0. The van der Waals surface area contributed by atoms with Crippen LogP contribution in [0.25, 0.3) is 0 Å². The second kappa shape index (κ2) is 14.1. The highest BCUT2D eigenvalue weighted by molar-refractivity contribution is 7.52. The molecule has 1 amide bonds. The second-order valence-corrected chi connectivity index (χ2v) is 9.71. The van der Waals surface area contributed by atoms with Crippen LogP contribution in [-0.2, 0) is 32.9 Å². The predicted molar refractivity (Wildman–Crippen MR) is 124 cm³/mol. The van der Waals surface area contributed by atoms with Crippen molar-refractivity contribution in [1.82, 2.24) is 10.4 Å². The van der Waals surface area contributed by atoms with Gasteiger partial charge in [0.05, 0.1) is 26.2 Å². The molecule has 1 aromatic rings. The van der Waals surface area contributed by atoms with Crippen molar-refractivity contribution in [2.24, 2.45) is 5.41 Å². The molecule has 0 saturated heterocycles. The molecule has 0 aliphatic heterocycles. The molecular weight excluding hydrogens is 467 g/mol. The van der Waals surface area contributed by atoms with E-state index in [1.807, 2.05) is 0 Å². The number of aliphatic hydroxyl groups is 1. The van der Waals surface area contributed by atoms with Crippen LogP contribution in [0.5, 0.6) is 5.75 Å². The van der Waals surface area contributed by atoms with Crippen LogP contribution in [0, 0.1) is 5.41 Å². The van der Waals surface area contributed by atoms with E-state index in [-0.39, 0.29) is 38.5 Å². The standard InChI is InChI=1S/C22H35N2O9P/c1-6-30-18(25)13-14-23-20(27)19(26)22(4,5)15-32-34(29,24-16(3)21(28)31-7-2)33-17-11-9-8-10-12-17/h8-12,16,19,26H,6-7,13-15H2,1-5H3,(H,23,27)(H,24,29)/t16?,19-,34?/m0/s1. The van der Waals surface area contributed by atoms with Gasteiger partial charge in [0, 0.05) is 12.0 Å². The number of hydrogen-bond donors (Lipinski definition) is 3. The molecule has 1 aromatic carbocycles. The molecule has 3 N–H and O–H groups in total. The Morgan fingerprint density at radius 3 is 2.29 bits per heavy atom. The van der Waals surface area contributed by atoms with E-state index >= 15 is 0 Å². The number of carbonyl (C=O) groups excluding carboxylic acids is 3. The summed E-state index contributed by atoms with van der Waals surface area (Å²) in [5.41, 5.74) is -1.21. The first-order valence-electron chi connectivity index (χ1n) is 11.0. The van der Waals surface area contributed by atoms with E-state index in [0.29, 0.717) is 0 Å². The maximum Gasteiger partial charge on any atom is 0.459 e. The van der Waals surface area contributed by atoms with Gasteiger partial charge in [-0.15, -0.1) is 0 Å². The van der Waals surface area contributed by atoms with Crippen LogP contribution >= 0.6 is 7.75 Å². The normalized spacial score (nSPS) is 14.9. The van der Waals surface area contributed by atoms with Gasteiger partial charge in [0.15, 0.2) is 0 Å². The Hall–Kier alpha value is -2.46. The zero-order valence-corrected chi connectivity index (χ0v) is 21.1. The van der Waals surface area contributed by atoms with Crippen molar-refractivity contribution in [2.75, 3.05) is 26.4 Å². The number of aliphatic hydroxyl groups excluding tert-OH is 1. The molecule has 192 valence electrons. The molecule has 0 aliphatic rings. The Morgan fingerprint density at radius 1 is 1.09 bits per heavy atom. The number of rotatable bonds is 15. The summed E-state index contributed by atoms with van der Waals surface area (Å²) in [5.74, 6) is -1.63. The summed E-state index contributed by atoms with van der Waals surface area (Å²) in [5, 5.41) is 15.5. The van der Waals surface area contributed by atoms with E-state index < -0.39 is 43.2 Å². The van der Waals surface area contributed by atoms with Crippen LogP contribution in [0.2, 0.25) is 0 Å². The van der Waals surface area contributed by atoms with E-state index in [2.05, 4.69) is 10.4 Å². The second-order valence-electron chi connectivity index (χ2n) is 8.02. The van der Waals surface area contributed by atoms with Gasteiger partial charge >= 0.3 is 19.7 Å². The van der Waals surface area contributed by atoms with Gasteiger partial charge < -0.3 is 24.4 Å². The fraction of sp³-hybridized carbons (Fsp3) is 0.591. The van der Waals surface area contributed by atoms with Crippen molar-refractivity contribution < 1.29 is 42.6 Å². The Morgan fingerprint density at radius 2 is 1.71 bits per heavy atom. The third kappa shape index (κ3) is 10.2. The highest BCUT2D eigenvalue weighted by Gasteiger charge is 2.39. The fourth-order valence-corrected chi connectivity index (χ4v) is 4.23. The van der Waals surface area contributed by atoms with Gasteiger partial charge in [0.25, 0.3) is 0 Å². The molecule has 11 nitrogen and oxygen atoms in total. The maximum absolute atomic E-state index is 13.5. The minimum absolute atomic E-state index is 0.0140. The molecule has 0 aliphatic carbocycles. The van der Waals surface area contributed by atoms with Gasteiger partial charge in [0.2, 0.25) is 5.91 Å². The highest BCUT2D eigenvalue weighted by atomic mass is 31.2. The Labute approximate surface area is 200 Å². The van der Waals surface area contributed by atoms with Gasteiger partial charge in [-0.25, -0.2) is 4.57 Å². The van der Waals surface area contributed by atoms with E-state index in [1.165, 1.54) is 20.8 Å². The summed E-state index contributed by atoms with van der Waals surface area (Å²) < 4.78 is 34.2. The van der Waals surface area contributed by atoms with E-state index in [1.54, 1.807) is 44.2 Å². The minimum Gasteiger partial charge on any atom is -0.466 e. The SMILES string of the molecule is CCOC(=O)CCNC(=O)[C@H](O)C(C)(C)COP(=O)(NC(C)C(=O)OCC)Oc1ccccc1. The molecular formula is C22H35N2O9P. The van der Waals surface area contributed by atoms with Crippen molar-refractivity contribution in [3.63, 3.8) is 0 Å². The van der Waals surface area contributed by atoms with Crippen molar-refractivity contribution in [2.45, 2.75) is 53.2 Å². The molecule has 0 fully saturated rings. The number of hydrogen-bond acceptors (Lipinski definition) is 9. The smallest absolute Gasteiger partial charge is 0.459 e. The third-order valence-electron chi connectivity index (χ3n) is 4.49. The summed E-state index contributed by atoms with van der Waals surface area (Å²) in [4.78, 5) is 35.7. The number of ether oxygens (including phenoxy) is 2. The Bertz CT molecular complexity index is 848. The number of para-hydroxylation sites is 1. The van der Waals surface area contributed by atoms with Crippen LogP contribution in [0.15, 0.2) is 30.3 Å². The molecule has 0 saturated carbocycles. The van der Waals surface area contributed by atoms with Gasteiger partial charge in [-0.05, 0) is 32.9 Å². The summed E-state index contributed by atoms with van der Waals surface area (Å²) in [6.45, 7) is 7.81. The molecule has 0 bridgehead atoms. The van der Waals surface area contributed by atoms with E-state index in [0.717, 1.165) is 0 Å². The first-order chi connectivity index (χ1) is 15.9. The van der Waals surface area contributed by atoms with E-state index in [9.17, 15) is 24.1 Å². The van der Waals surface area contributed by atoms with Crippen LogP contribution in [0.1, 0.15) is 41.0 Å². The van der Waals surface area contributed by atoms with Crippen LogP contribution in [-0.4, -0.2) is 61.5 Å². The monoisotopic (exact) mass is 502 g/mol. The lowest BCUT2D eigenvalue weighted by Crippen LogP contribution is -2.46. The molecule has 34 heavy (non-hydrogen) atoms. The van der Waals surface area contributed by atoms with Gasteiger partial charge in [0.1, 0.15) is 17.9 Å². The van der Waals surface area contributed by atoms with E-state index in [4.69, 9.17) is 18.5 Å². The summed E-state index contributed by atoms with van der Waals surface area (Å²) in [7, 11) is -4.14. The number of carbonyl (C=O) groups is 3. The topological polar surface area (TPSA) is 149 Å². The van der Waals surface area contributed by atoms with Gasteiger partial charge in [-0.3, -0.25) is 18.9 Å². The van der Waals surface area contributed by atoms with Gasteiger partial charge in [-0.2, -0.15) is 5.09 Å². The first kappa shape index (κ1) is 29.6. The van der Waals surface area contributed by atoms with Crippen LogP contribution in [0.3, 0.4) is 0 Å². The van der Waals surface area contributed by atoms with Crippen molar-refractivity contribution >= 4 is 25.6 Å².